The van der Waals surface area contributed by atoms with E-state index in [1.54, 1.807) is 6.07 Å². The maximum atomic E-state index is 13.3. The molecule has 1 N–H and O–H groups in total. The van der Waals surface area contributed by atoms with Gasteiger partial charge in [-0.25, -0.2) is 8.42 Å². The Morgan fingerprint density at radius 1 is 1.00 bits per heavy atom. The topological polar surface area (TPSA) is 66.5 Å². The summed E-state index contributed by atoms with van der Waals surface area (Å²) >= 11 is 1.44. The Morgan fingerprint density at radius 2 is 1.71 bits per heavy atom. The van der Waals surface area contributed by atoms with Gasteiger partial charge in [-0.15, -0.1) is 11.3 Å². The highest BCUT2D eigenvalue weighted by Gasteiger charge is 2.25. The number of aryl methyl sites for hydroxylation is 2. The molecule has 2 aromatic carbocycles. The first kappa shape index (κ1) is 21.6. The lowest BCUT2D eigenvalue weighted by atomic mass is 9.99. The predicted molar refractivity (Wildman–Crippen MR) is 125 cm³/mol. The molecule has 1 amide bonds. The number of thiophene rings is 1. The minimum atomic E-state index is -3.74. The molecule has 0 aliphatic carbocycles. The van der Waals surface area contributed by atoms with E-state index in [4.69, 9.17) is 0 Å². The van der Waals surface area contributed by atoms with Gasteiger partial charge in [0.05, 0.1) is 9.77 Å². The van der Waals surface area contributed by atoms with Crippen molar-refractivity contribution in [2.45, 2.75) is 45.6 Å². The molecule has 5 nitrogen and oxygen atoms in total. The number of carbonyl (C=O) groups is 1. The molecule has 0 bridgehead atoms. The molecule has 2 heterocycles. The van der Waals surface area contributed by atoms with Crippen LogP contribution in [-0.4, -0.2) is 25.8 Å². The van der Waals surface area contributed by atoms with Gasteiger partial charge < -0.3 is 4.90 Å². The zero-order valence-corrected chi connectivity index (χ0v) is 19.8. The van der Waals surface area contributed by atoms with Crippen molar-refractivity contribution in [3.05, 3.63) is 80.0 Å². The second-order valence-electron chi connectivity index (χ2n) is 8.13. The summed E-state index contributed by atoms with van der Waals surface area (Å²) in [5.74, 6) is 0.0214. The third-order valence-electron chi connectivity index (χ3n) is 6.06. The predicted octanol–water partition coefficient (Wildman–Crippen LogP) is 4.98. The first-order valence-corrected chi connectivity index (χ1v) is 12.6. The summed E-state index contributed by atoms with van der Waals surface area (Å²) in [5.41, 5.74) is 6.08. The fourth-order valence-electron chi connectivity index (χ4n) is 4.14. The van der Waals surface area contributed by atoms with Crippen LogP contribution in [0.4, 0.5) is 5.69 Å². The summed E-state index contributed by atoms with van der Waals surface area (Å²) in [5, 5.41) is 1.90. The number of amides is 1. The van der Waals surface area contributed by atoms with E-state index in [1.165, 1.54) is 11.3 Å². The highest BCUT2D eigenvalue weighted by molar-refractivity contribution is 7.92. The van der Waals surface area contributed by atoms with Crippen molar-refractivity contribution < 1.29 is 13.2 Å². The maximum absolute atomic E-state index is 13.3. The summed E-state index contributed by atoms with van der Waals surface area (Å²) in [7, 11) is -3.74. The third-order valence-corrected chi connectivity index (χ3v) is 8.57. The summed E-state index contributed by atoms with van der Waals surface area (Å²) < 4.78 is 29.3. The van der Waals surface area contributed by atoms with Crippen molar-refractivity contribution in [1.82, 2.24) is 4.90 Å². The van der Waals surface area contributed by atoms with E-state index in [9.17, 15) is 13.2 Å². The normalized spacial score (nSPS) is 13.7. The van der Waals surface area contributed by atoms with Crippen molar-refractivity contribution in [3.8, 4) is 0 Å². The van der Waals surface area contributed by atoms with Crippen molar-refractivity contribution in [2.75, 3.05) is 11.3 Å². The smallest absolute Gasteiger partial charge is 0.264 e. The number of carbonyl (C=O) groups excluding carboxylic acids is 1. The Labute approximate surface area is 187 Å². The Morgan fingerprint density at radius 3 is 2.35 bits per heavy atom. The van der Waals surface area contributed by atoms with Gasteiger partial charge in [0, 0.05) is 18.8 Å². The SMILES string of the molecule is Cc1cc(C)c(C)c(S(=O)(=O)Nc2ccc3c(c2)CN(C(=O)c2cccs2)CC3)c1C. The van der Waals surface area contributed by atoms with Gasteiger partial charge in [-0.2, -0.15) is 0 Å². The zero-order valence-electron chi connectivity index (χ0n) is 18.2. The van der Waals surface area contributed by atoms with Crippen molar-refractivity contribution >= 4 is 33.0 Å². The molecule has 4 rings (SSSR count). The number of hydrogen-bond acceptors (Lipinski definition) is 4. The molecule has 3 aromatic rings. The standard InChI is InChI=1S/C24H26N2O3S2/c1-15-12-16(2)18(4)23(17(15)3)31(28,29)25-21-8-7-19-9-10-26(14-20(19)13-21)24(27)22-6-5-11-30-22/h5-8,11-13,25H,9-10,14H2,1-4H3. The molecule has 0 radical (unpaired) electrons. The van der Waals surface area contributed by atoms with Crippen molar-refractivity contribution in [2.24, 2.45) is 0 Å². The lowest BCUT2D eigenvalue weighted by Gasteiger charge is -2.29. The second kappa shape index (κ2) is 8.13. The van der Waals surface area contributed by atoms with Crippen LogP contribution < -0.4 is 4.72 Å². The van der Waals surface area contributed by atoms with Gasteiger partial charge in [-0.3, -0.25) is 9.52 Å². The summed E-state index contributed by atoms with van der Waals surface area (Å²) in [4.78, 5) is 15.6. The molecule has 0 spiro atoms. The van der Waals surface area contributed by atoms with Gasteiger partial charge in [0.15, 0.2) is 0 Å². The van der Waals surface area contributed by atoms with Crippen LogP contribution in [0.1, 0.15) is 43.1 Å². The van der Waals surface area contributed by atoms with Crippen molar-refractivity contribution in [1.29, 1.82) is 0 Å². The second-order valence-corrected chi connectivity index (χ2v) is 10.7. The molecule has 1 aromatic heterocycles. The number of benzene rings is 2. The van der Waals surface area contributed by atoms with E-state index < -0.39 is 10.0 Å². The minimum Gasteiger partial charge on any atom is -0.333 e. The lowest BCUT2D eigenvalue weighted by Crippen LogP contribution is -2.35. The average Bonchev–Trinajstić information content (AvgIpc) is 3.26. The zero-order chi connectivity index (χ0) is 22.3. The number of sulfonamides is 1. The fourth-order valence-corrected chi connectivity index (χ4v) is 6.50. The summed E-state index contributed by atoms with van der Waals surface area (Å²) in [6.07, 6.45) is 0.759. The van der Waals surface area contributed by atoms with E-state index in [2.05, 4.69) is 4.72 Å². The fraction of sp³-hybridized carbons (Fsp3) is 0.292. The van der Waals surface area contributed by atoms with E-state index in [0.29, 0.717) is 23.7 Å². The largest absolute Gasteiger partial charge is 0.333 e. The number of fused-ring (bicyclic) bond motifs is 1. The molecule has 31 heavy (non-hydrogen) atoms. The van der Waals surface area contributed by atoms with Crippen LogP contribution in [0.25, 0.3) is 0 Å². The molecule has 0 saturated carbocycles. The van der Waals surface area contributed by atoms with Gasteiger partial charge >= 0.3 is 0 Å². The monoisotopic (exact) mass is 454 g/mol. The van der Waals surface area contributed by atoms with Crippen molar-refractivity contribution in [3.63, 3.8) is 0 Å². The lowest BCUT2D eigenvalue weighted by molar-refractivity contribution is 0.0739. The minimum absolute atomic E-state index is 0.0214. The van der Waals surface area contributed by atoms with Gasteiger partial charge in [-0.05, 0) is 91.1 Å². The molecule has 1 aliphatic rings. The van der Waals surface area contributed by atoms with E-state index >= 15 is 0 Å². The number of nitrogens with zero attached hydrogens (tertiary/aromatic N) is 1. The van der Waals surface area contributed by atoms with E-state index in [1.807, 2.05) is 68.3 Å². The molecule has 7 heteroatoms. The van der Waals surface area contributed by atoms with Gasteiger partial charge in [0.1, 0.15) is 0 Å². The van der Waals surface area contributed by atoms with Crippen LogP contribution in [0.15, 0.2) is 46.7 Å². The highest BCUT2D eigenvalue weighted by atomic mass is 32.2. The number of nitrogens with one attached hydrogen (secondary N) is 1. The number of anilines is 1. The van der Waals surface area contributed by atoms with Crippen LogP contribution >= 0.6 is 11.3 Å². The first-order valence-electron chi connectivity index (χ1n) is 10.2. The van der Waals surface area contributed by atoms with Gasteiger partial charge in [-0.1, -0.05) is 18.2 Å². The number of hydrogen-bond donors (Lipinski definition) is 1. The molecule has 162 valence electrons. The molecule has 0 fully saturated rings. The van der Waals surface area contributed by atoms with E-state index in [-0.39, 0.29) is 5.91 Å². The molecule has 0 atom stereocenters. The molecule has 1 aliphatic heterocycles. The molecule has 0 saturated heterocycles. The summed E-state index contributed by atoms with van der Waals surface area (Å²) in [6.45, 7) is 8.69. The maximum Gasteiger partial charge on any atom is 0.264 e. The van der Waals surface area contributed by atoms with Gasteiger partial charge in [0.2, 0.25) is 0 Å². The Kier molecular flexibility index (Phi) is 5.66. The first-order chi connectivity index (χ1) is 14.7. The van der Waals surface area contributed by atoms with Crippen LogP contribution in [0, 0.1) is 27.7 Å². The number of rotatable bonds is 4. The van der Waals surface area contributed by atoms with Crippen LogP contribution in [0.3, 0.4) is 0 Å². The quantitative estimate of drug-likeness (QED) is 0.605. The summed E-state index contributed by atoms with van der Waals surface area (Å²) in [6, 6.07) is 11.3. The molecular formula is C24H26N2O3S2. The molecule has 0 unspecified atom stereocenters. The van der Waals surface area contributed by atoms with Crippen LogP contribution in [0.5, 0.6) is 0 Å². The highest BCUT2D eigenvalue weighted by Crippen LogP contribution is 2.30. The Hall–Kier alpha value is -2.64. The Bertz CT molecular complexity index is 1240. The van der Waals surface area contributed by atoms with Crippen LogP contribution in [-0.2, 0) is 23.0 Å². The molecular weight excluding hydrogens is 428 g/mol. The van der Waals surface area contributed by atoms with Crippen LogP contribution in [0.2, 0.25) is 0 Å². The van der Waals surface area contributed by atoms with Gasteiger partial charge in [0.25, 0.3) is 15.9 Å². The average molecular weight is 455 g/mol. The van der Waals surface area contributed by atoms with E-state index in [0.717, 1.165) is 44.7 Å². The third kappa shape index (κ3) is 4.12. The Balaban J connectivity index is 1.62.